The zero-order chi connectivity index (χ0) is 20.9. The van der Waals surface area contributed by atoms with Gasteiger partial charge in [0.15, 0.2) is 0 Å². The Morgan fingerprint density at radius 2 is 1.66 bits per heavy atom. The Balaban J connectivity index is 1.50. The second-order valence-electron chi connectivity index (χ2n) is 7.23. The highest BCUT2D eigenvalue weighted by atomic mass is 19.1. The summed E-state index contributed by atoms with van der Waals surface area (Å²) >= 11 is 0. The number of carbonyl (C=O) groups excluding carboxylic acids is 1. The van der Waals surface area contributed by atoms with E-state index < -0.39 is 11.8 Å². The number of esters is 1. The molecule has 0 aliphatic heterocycles. The number of unbranched alkanes of at least 4 members (excludes halogenated alkanes) is 6. The van der Waals surface area contributed by atoms with E-state index in [-0.39, 0.29) is 6.61 Å². The summed E-state index contributed by atoms with van der Waals surface area (Å²) in [7, 11) is 0. The molecule has 0 atom stereocenters. The highest BCUT2D eigenvalue weighted by Gasteiger charge is 2.12. The lowest BCUT2D eigenvalue weighted by atomic mass is 10.0. The number of allylic oxidation sites excluding steroid dienone is 1. The maximum atomic E-state index is 13.7. The first-order chi connectivity index (χ1) is 14.1. The number of pyridine rings is 1. The molecule has 0 saturated heterocycles. The number of rotatable bonds is 13. The Bertz CT molecular complexity index is 804. The van der Waals surface area contributed by atoms with Crippen molar-refractivity contribution in [1.82, 2.24) is 4.98 Å². The lowest BCUT2D eigenvalue weighted by Crippen LogP contribution is -2.06. The minimum absolute atomic E-state index is 0.198. The van der Waals surface area contributed by atoms with E-state index in [1.165, 1.54) is 6.42 Å². The third-order valence-electron chi connectivity index (χ3n) is 4.85. The normalized spacial score (nSPS) is 12.0. The molecule has 29 heavy (non-hydrogen) atoms. The number of halogens is 1. The van der Waals surface area contributed by atoms with Crippen molar-refractivity contribution in [3.8, 4) is 5.88 Å². The monoisotopic (exact) mass is 401 g/mol. The van der Waals surface area contributed by atoms with Gasteiger partial charge in [-0.3, -0.25) is 0 Å². The number of aromatic nitrogens is 1. The van der Waals surface area contributed by atoms with Gasteiger partial charge in [0, 0.05) is 11.5 Å². The topological polar surface area (TPSA) is 48.4 Å². The zero-order valence-corrected chi connectivity index (χ0v) is 17.6. The van der Waals surface area contributed by atoms with Crippen molar-refractivity contribution in [1.29, 1.82) is 0 Å². The molecule has 0 amide bonds. The maximum Gasteiger partial charge on any atom is 0.367 e. The van der Waals surface area contributed by atoms with Crippen LogP contribution in [0.3, 0.4) is 0 Å². The van der Waals surface area contributed by atoms with Crippen molar-refractivity contribution in [2.45, 2.75) is 65.2 Å². The number of hydrogen-bond donors (Lipinski definition) is 0. The maximum absolute atomic E-state index is 13.7. The van der Waals surface area contributed by atoms with Crippen molar-refractivity contribution >= 4 is 16.9 Å². The number of hydrogen-bond acceptors (Lipinski definition) is 4. The van der Waals surface area contributed by atoms with Crippen LogP contribution in [0.25, 0.3) is 10.9 Å². The van der Waals surface area contributed by atoms with Crippen LogP contribution in [0.4, 0.5) is 4.39 Å². The van der Waals surface area contributed by atoms with Crippen molar-refractivity contribution < 1.29 is 18.7 Å². The van der Waals surface area contributed by atoms with E-state index in [0.29, 0.717) is 24.5 Å². The second-order valence-corrected chi connectivity index (χ2v) is 7.23. The van der Waals surface area contributed by atoms with Gasteiger partial charge in [-0.15, -0.1) is 0 Å². The number of ether oxygens (including phenoxy) is 2. The second kappa shape index (κ2) is 12.9. The van der Waals surface area contributed by atoms with E-state index >= 15 is 0 Å². The lowest BCUT2D eigenvalue weighted by Gasteiger charge is -2.07. The fourth-order valence-electron chi connectivity index (χ4n) is 3.16. The quantitative estimate of drug-likeness (QED) is 0.217. The van der Waals surface area contributed by atoms with E-state index in [1.807, 2.05) is 36.4 Å². The molecule has 2 aromatic rings. The summed E-state index contributed by atoms with van der Waals surface area (Å²) in [5.74, 6) is -0.888. The minimum Gasteiger partial charge on any atom is -0.478 e. The smallest absolute Gasteiger partial charge is 0.367 e. The summed E-state index contributed by atoms with van der Waals surface area (Å²) in [5.41, 5.74) is 1.44. The molecule has 0 unspecified atom stereocenters. The number of benzene rings is 1. The molecule has 0 aliphatic carbocycles. The molecule has 0 fully saturated rings. The van der Waals surface area contributed by atoms with E-state index in [1.54, 1.807) is 13.8 Å². The third kappa shape index (κ3) is 8.22. The van der Waals surface area contributed by atoms with Crippen molar-refractivity contribution in [3.63, 3.8) is 0 Å². The van der Waals surface area contributed by atoms with Gasteiger partial charge in [-0.05, 0) is 50.8 Å². The van der Waals surface area contributed by atoms with Gasteiger partial charge in [-0.1, -0.05) is 50.3 Å². The Morgan fingerprint density at radius 1 is 0.966 bits per heavy atom. The summed E-state index contributed by atoms with van der Waals surface area (Å²) in [6, 6.07) is 12.0. The largest absolute Gasteiger partial charge is 0.478 e. The van der Waals surface area contributed by atoms with E-state index in [4.69, 9.17) is 4.74 Å². The van der Waals surface area contributed by atoms with Crippen LogP contribution in [0.2, 0.25) is 0 Å². The molecular weight excluding hydrogens is 369 g/mol. The first-order valence-electron chi connectivity index (χ1n) is 10.6. The van der Waals surface area contributed by atoms with Gasteiger partial charge in [0.05, 0.1) is 18.7 Å². The van der Waals surface area contributed by atoms with Crippen LogP contribution < -0.4 is 4.74 Å². The third-order valence-corrected chi connectivity index (χ3v) is 4.85. The molecule has 0 saturated carbocycles. The van der Waals surface area contributed by atoms with Gasteiger partial charge in [0.1, 0.15) is 0 Å². The predicted molar refractivity (Wildman–Crippen MR) is 115 cm³/mol. The fourth-order valence-corrected chi connectivity index (χ4v) is 3.16. The summed E-state index contributed by atoms with van der Waals surface area (Å²) in [6.07, 6.45) is 8.15. The fraction of sp³-hybridized carbons (Fsp3) is 0.500. The molecule has 0 radical (unpaired) electrons. The molecule has 158 valence electrons. The van der Waals surface area contributed by atoms with Gasteiger partial charge in [-0.2, -0.15) is 4.39 Å². The Labute approximate surface area is 173 Å². The van der Waals surface area contributed by atoms with Crippen LogP contribution >= 0.6 is 0 Å². The first-order valence-corrected chi connectivity index (χ1v) is 10.6. The molecule has 5 heteroatoms. The molecule has 0 N–H and O–H groups in total. The Morgan fingerprint density at radius 3 is 2.41 bits per heavy atom. The van der Waals surface area contributed by atoms with E-state index in [9.17, 15) is 9.18 Å². The van der Waals surface area contributed by atoms with Gasteiger partial charge in [0.25, 0.3) is 0 Å². The predicted octanol–water partition coefficient (Wildman–Crippen LogP) is 6.54. The van der Waals surface area contributed by atoms with Gasteiger partial charge < -0.3 is 9.47 Å². The first kappa shape index (κ1) is 22.9. The average Bonchev–Trinajstić information content (AvgIpc) is 2.74. The molecular formula is C24H32FNO3. The molecule has 0 bridgehead atoms. The molecule has 0 spiro atoms. The number of fused-ring (bicyclic) bond motifs is 1. The van der Waals surface area contributed by atoms with Crippen LogP contribution in [0, 0.1) is 0 Å². The van der Waals surface area contributed by atoms with Crippen LogP contribution in [-0.4, -0.2) is 24.2 Å². The van der Waals surface area contributed by atoms with Crippen molar-refractivity contribution in [2.75, 3.05) is 13.2 Å². The van der Waals surface area contributed by atoms with E-state index in [2.05, 4.69) is 9.72 Å². The SMILES string of the molecule is CCOC(=O)/C(F)=C(\C)CCCCCCCCCOc1ccc2ccccc2n1. The van der Waals surface area contributed by atoms with Gasteiger partial charge in [-0.25, -0.2) is 9.78 Å². The summed E-state index contributed by atoms with van der Waals surface area (Å²) in [6.45, 7) is 4.22. The standard InChI is InChI=1S/C24H32FNO3/c1-3-28-24(27)23(25)19(2)13-9-7-5-4-6-8-12-18-29-22-17-16-20-14-10-11-15-21(20)26-22/h10-11,14-17H,3-9,12-13,18H2,1-2H3/b23-19-. The van der Waals surface area contributed by atoms with Crippen molar-refractivity contribution in [2.24, 2.45) is 0 Å². The summed E-state index contributed by atoms with van der Waals surface area (Å²) < 4.78 is 24.1. The molecule has 2 rings (SSSR count). The molecule has 0 aliphatic rings. The molecule has 1 aromatic heterocycles. The molecule has 1 heterocycles. The summed E-state index contributed by atoms with van der Waals surface area (Å²) in [5, 5.41) is 1.12. The Kier molecular flexibility index (Phi) is 10.2. The highest BCUT2D eigenvalue weighted by molar-refractivity contribution is 5.86. The van der Waals surface area contributed by atoms with E-state index in [0.717, 1.165) is 49.4 Å². The number of para-hydroxylation sites is 1. The summed E-state index contributed by atoms with van der Waals surface area (Å²) in [4.78, 5) is 15.8. The van der Waals surface area contributed by atoms with Gasteiger partial charge in [0.2, 0.25) is 11.7 Å². The van der Waals surface area contributed by atoms with Gasteiger partial charge >= 0.3 is 5.97 Å². The molecule has 4 nitrogen and oxygen atoms in total. The highest BCUT2D eigenvalue weighted by Crippen LogP contribution is 2.18. The van der Waals surface area contributed by atoms with Crippen molar-refractivity contribution in [3.05, 3.63) is 47.8 Å². The number of nitrogens with zero attached hydrogens (tertiary/aromatic N) is 1. The van der Waals surface area contributed by atoms with Crippen LogP contribution in [0.15, 0.2) is 47.8 Å². The molecule has 1 aromatic carbocycles. The zero-order valence-electron chi connectivity index (χ0n) is 17.6. The lowest BCUT2D eigenvalue weighted by molar-refractivity contribution is -0.140. The Hall–Kier alpha value is -2.43. The average molecular weight is 402 g/mol. The van der Waals surface area contributed by atoms with Crippen LogP contribution in [0.1, 0.15) is 65.2 Å². The minimum atomic E-state index is -0.842. The number of carbonyl (C=O) groups is 1. The van der Waals surface area contributed by atoms with Crippen LogP contribution in [-0.2, 0) is 9.53 Å². The van der Waals surface area contributed by atoms with Crippen LogP contribution in [0.5, 0.6) is 5.88 Å².